The zero-order valence-electron chi connectivity index (χ0n) is 13.5. The number of rotatable bonds is 10. The van der Waals surface area contributed by atoms with Crippen LogP contribution in [0.1, 0.15) is 32.6 Å². The lowest BCUT2D eigenvalue weighted by atomic mass is 9.89. The van der Waals surface area contributed by atoms with Gasteiger partial charge in [-0.25, -0.2) is 0 Å². The lowest BCUT2D eigenvalue weighted by Gasteiger charge is -2.31. The standard InChI is InChI=1S/C12H25N9O2/c1-9(13)15-7-4-3-5-12(14,6-8-22)10(23)21(2)18-11-16-19-20-17-11/h22H,3-8,14H2,1-2H3,(H2,13,15)(H2,16,17,18,19,20). The van der Waals surface area contributed by atoms with Crippen molar-refractivity contribution in [3.63, 3.8) is 0 Å². The van der Waals surface area contributed by atoms with Gasteiger partial charge in [0.15, 0.2) is 0 Å². The average molecular weight is 327 g/mol. The monoisotopic (exact) mass is 327 g/mol. The van der Waals surface area contributed by atoms with E-state index >= 15 is 0 Å². The Labute approximate surface area is 134 Å². The van der Waals surface area contributed by atoms with E-state index in [1.807, 2.05) is 0 Å². The molecule has 0 aliphatic carbocycles. The van der Waals surface area contributed by atoms with Crippen LogP contribution in [0.5, 0.6) is 0 Å². The van der Waals surface area contributed by atoms with Crippen molar-refractivity contribution >= 4 is 17.7 Å². The molecule has 11 heteroatoms. The predicted molar refractivity (Wildman–Crippen MR) is 85.2 cm³/mol. The quantitative estimate of drug-likeness (QED) is 0.151. The number of aliphatic imine (C=N–C) groups is 1. The van der Waals surface area contributed by atoms with Gasteiger partial charge in [-0.3, -0.25) is 20.2 Å². The van der Waals surface area contributed by atoms with E-state index in [9.17, 15) is 9.90 Å². The van der Waals surface area contributed by atoms with E-state index in [0.29, 0.717) is 25.2 Å². The third-order valence-electron chi connectivity index (χ3n) is 3.29. The van der Waals surface area contributed by atoms with Crippen LogP contribution < -0.4 is 16.9 Å². The fraction of sp³-hybridized carbons (Fsp3) is 0.750. The molecule has 11 nitrogen and oxygen atoms in total. The fourth-order valence-electron chi connectivity index (χ4n) is 2.09. The number of tetrazole rings is 1. The van der Waals surface area contributed by atoms with Crippen molar-refractivity contribution in [2.45, 2.75) is 38.1 Å². The Morgan fingerprint density at radius 2 is 2.22 bits per heavy atom. The molecule has 1 heterocycles. The maximum absolute atomic E-state index is 12.5. The average Bonchev–Trinajstić information content (AvgIpc) is 2.99. The number of H-pyrrole nitrogens is 1. The Balaban J connectivity index is 2.58. The van der Waals surface area contributed by atoms with Crippen molar-refractivity contribution in [3.8, 4) is 0 Å². The highest BCUT2D eigenvalue weighted by molar-refractivity contribution is 5.86. The molecule has 1 amide bonds. The number of nitrogens with zero attached hydrogens (tertiary/aromatic N) is 5. The summed E-state index contributed by atoms with van der Waals surface area (Å²) in [5.41, 5.74) is 13.2. The van der Waals surface area contributed by atoms with Gasteiger partial charge in [-0.15, -0.1) is 5.10 Å². The van der Waals surface area contributed by atoms with Crippen LogP contribution in [0.15, 0.2) is 4.99 Å². The van der Waals surface area contributed by atoms with Crippen LogP contribution >= 0.6 is 0 Å². The van der Waals surface area contributed by atoms with Crippen LogP contribution in [0, 0.1) is 0 Å². The number of amides is 1. The number of hydrogen-bond donors (Lipinski definition) is 5. The molecule has 0 bridgehead atoms. The summed E-state index contributed by atoms with van der Waals surface area (Å²) < 4.78 is 0. The fourth-order valence-corrected chi connectivity index (χ4v) is 2.09. The smallest absolute Gasteiger partial charge is 0.281 e. The first-order chi connectivity index (χ1) is 10.9. The summed E-state index contributed by atoms with van der Waals surface area (Å²) in [4.78, 5) is 16.6. The number of anilines is 1. The van der Waals surface area contributed by atoms with E-state index in [4.69, 9.17) is 11.5 Å². The molecule has 0 aliphatic heterocycles. The highest BCUT2D eigenvalue weighted by atomic mass is 16.3. The van der Waals surface area contributed by atoms with Gasteiger partial charge in [-0.05, 0) is 37.8 Å². The van der Waals surface area contributed by atoms with E-state index in [1.165, 1.54) is 12.1 Å². The van der Waals surface area contributed by atoms with E-state index < -0.39 is 5.54 Å². The Bertz CT molecular complexity index is 501. The zero-order chi connectivity index (χ0) is 17.3. The number of aromatic nitrogens is 4. The first-order valence-electron chi connectivity index (χ1n) is 7.33. The highest BCUT2D eigenvalue weighted by Gasteiger charge is 2.35. The van der Waals surface area contributed by atoms with Crippen molar-refractivity contribution < 1.29 is 9.90 Å². The normalized spacial score (nSPS) is 14.3. The van der Waals surface area contributed by atoms with Crippen molar-refractivity contribution in [1.82, 2.24) is 25.6 Å². The summed E-state index contributed by atoms with van der Waals surface area (Å²) in [6.45, 7) is 2.13. The summed E-state index contributed by atoms with van der Waals surface area (Å²) in [7, 11) is 1.51. The number of aliphatic hydroxyl groups is 1. The number of unbranched alkanes of at least 4 members (excludes halogenated alkanes) is 1. The van der Waals surface area contributed by atoms with Crippen molar-refractivity contribution in [2.24, 2.45) is 16.5 Å². The van der Waals surface area contributed by atoms with Gasteiger partial charge in [0.2, 0.25) is 0 Å². The van der Waals surface area contributed by atoms with E-state index in [-0.39, 0.29) is 24.9 Å². The molecule has 1 rings (SSSR count). The lowest BCUT2D eigenvalue weighted by molar-refractivity contribution is -0.135. The largest absolute Gasteiger partial charge is 0.396 e. The molecular weight excluding hydrogens is 302 g/mol. The summed E-state index contributed by atoms with van der Waals surface area (Å²) in [6.07, 6.45) is 2.02. The van der Waals surface area contributed by atoms with Gasteiger partial charge >= 0.3 is 0 Å². The number of hydrogen-bond acceptors (Lipinski definition) is 8. The Morgan fingerprint density at radius 3 is 2.78 bits per heavy atom. The number of aliphatic hydroxyl groups excluding tert-OH is 1. The third-order valence-corrected chi connectivity index (χ3v) is 3.29. The van der Waals surface area contributed by atoms with Crippen LogP contribution in [0.4, 0.5) is 5.95 Å². The number of likely N-dealkylation sites (N-methyl/N-ethyl adjacent to an activating group) is 1. The Morgan fingerprint density at radius 1 is 1.48 bits per heavy atom. The molecule has 1 unspecified atom stereocenters. The van der Waals surface area contributed by atoms with E-state index in [2.05, 4.69) is 31.0 Å². The first kappa shape index (κ1) is 18.8. The van der Waals surface area contributed by atoms with Crippen LogP contribution in [0.25, 0.3) is 0 Å². The molecule has 7 N–H and O–H groups in total. The second kappa shape index (κ2) is 9.00. The van der Waals surface area contributed by atoms with E-state index in [1.54, 1.807) is 6.92 Å². The molecule has 0 saturated heterocycles. The van der Waals surface area contributed by atoms with Crippen molar-refractivity contribution in [1.29, 1.82) is 0 Å². The van der Waals surface area contributed by atoms with Gasteiger partial charge in [0.1, 0.15) is 0 Å². The minimum atomic E-state index is -1.18. The van der Waals surface area contributed by atoms with Gasteiger partial charge in [-0.2, -0.15) is 5.21 Å². The summed E-state index contributed by atoms with van der Waals surface area (Å²) in [5.74, 6) is 0.314. The predicted octanol–water partition coefficient (Wildman–Crippen LogP) is -1.39. The molecule has 23 heavy (non-hydrogen) atoms. The Kier molecular flexibility index (Phi) is 7.35. The molecule has 0 fully saturated rings. The molecule has 130 valence electrons. The topological polar surface area (TPSA) is 171 Å². The SMILES string of the molecule is CC(N)=NCCCCC(N)(CCO)C(=O)N(C)Nc1nn[nH]n1. The molecule has 0 aromatic carbocycles. The van der Waals surface area contributed by atoms with Crippen LogP contribution in [0.3, 0.4) is 0 Å². The zero-order valence-corrected chi connectivity index (χ0v) is 13.5. The maximum Gasteiger partial charge on any atom is 0.281 e. The Hall–Kier alpha value is -2.27. The maximum atomic E-state index is 12.5. The number of aromatic amines is 1. The molecule has 0 radical (unpaired) electrons. The van der Waals surface area contributed by atoms with Crippen LogP contribution in [-0.4, -0.2) is 68.2 Å². The molecule has 1 aromatic rings. The number of hydrazine groups is 1. The molecule has 0 aliphatic rings. The number of nitrogens with one attached hydrogen (secondary N) is 2. The van der Waals surface area contributed by atoms with Crippen molar-refractivity contribution in [3.05, 3.63) is 0 Å². The van der Waals surface area contributed by atoms with Gasteiger partial charge in [-0.1, -0.05) is 5.10 Å². The number of carbonyl (C=O) groups is 1. The minimum Gasteiger partial charge on any atom is -0.396 e. The van der Waals surface area contributed by atoms with E-state index in [0.717, 1.165) is 6.42 Å². The third kappa shape index (κ3) is 6.16. The molecule has 1 aromatic heterocycles. The van der Waals surface area contributed by atoms with Crippen LogP contribution in [0.2, 0.25) is 0 Å². The number of amidine groups is 1. The molecule has 0 spiro atoms. The van der Waals surface area contributed by atoms with Gasteiger partial charge < -0.3 is 16.6 Å². The minimum absolute atomic E-state index is 0.153. The first-order valence-corrected chi connectivity index (χ1v) is 7.33. The van der Waals surface area contributed by atoms with Gasteiger partial charge in [0.05, 0.1) is 11.4 Å². The second-order valence-corrected chi connectivity index (χ2v) is 5.32. The molecular formula is C12H25N9O2. The summed E-state index contributed by atoms with van der Waals surface area (Å²) >= 11 is 0. The van der Waals surface area contributed by atoms with Crippen LogP contribution in [-0.2, 0) is 4.79 Å². The van der Waals surface area contributed by atoms with Gasteiger partial charge in [0, 0.05) is 20.2 Å². The highest BCUT2D eigenvalue weighted by Crippen LogP contribution is 2.18. The molecule has 0 saturated carbocycles. The second-order valence-electron chi connectivity index (χ2n) is 5.32. The lowest BCUT2D eigenvalue weighted by Crippen LogP contribution is -2.56. The van der Waals surface area contributed by atoms with Gasteiger partial charge in [0.25, 0.3) is 11.9 Å². The summed E-state index contributed by atoms with van der Waals surface area (Å²) in [6, 6.07) is 0. The van der Waals surface area contributed by atoms with Crippen molar-refractivity contribution in [2.75, 3.05) is 25.6 Å². The number of nitrogens with two attached hydrogens (primary N) is 2. The molecule has 1 atom stereocenters. The summed E-state index contributed by atoms with van der Waals surface area (Å²) in [5, 5.41) is 23.5. The number of carbonyl (C=O) groups excluding carboxylic acids is 1.